The van der Waals surface area contributed by atoms with Crippen molar-refractivity contribution in [1.82, 2.24) is 10.2 Å². The average molecular weight is 242 g/mol. The van der Waals surface area contributed by atoms with Crippen LogP contribution < -0.4 is 5.32 Å². The van der Waals surface area contributed by atoms with Crippen LogP contribution in [-0.4, -0.2) is 29.5 Å². The second kappa shape index (κ2) is 6.01. The Bertz CT molecular complexity index is 329. The number of rotatable bonds is 5. The van der Waals surface area contributed by atoms with Crippen LogP contribution in [0.1, 0.15) is 25.7 Å². The second-order valence-corrected chi connectivity index (χ2v) is 4.36. The van der Waals surface area contributed by atoms with Gasteiger partial charge in [-0.25, -0.2) is 0 Å². The normalized spacial score (nSPS) is 16.6. The Labute approximate surface area is 100 Å². The molecule has 0 radical (unpaired) electrons. The highest BCUT2D eigenvalue weighted by molar-refractivity contribution is 6.29. The van der Waals surface area contributed by atoms with Gasteiger partial charge in [-0.2, -0.15) is 5.10 Å². The fourth-order valence-corrected chi connectivity index (χ4v) is 2.07. The monoisotopic (exact) mass is 241 g/mol. The molecule has 88 valence electrons. The predicted molar refractivity (Wildman–Crippen MR) is 63.7 cm³/mol. The molecule has 0 aromatic carbocycles. The minimum absolute atomic E-state index is 0.404. The molecule has 16 heavy (non-hydrogen) atoms. The molecule has 0 aliphatic heterocycles. The van der Waals surface area contributed by atoms with E-state index in [1.165, 1.54) is 25.7 Å². The Morgan fingerprint density at radius 2 is 2.25 bits per heavy atom. The first-order valence-electron chi connectivity index (χ1n) is 5.68. The van der Waals surface area contributed by atoms with Gasteiger partial charge in [0.15, 0.2) is 5.15 Å². The summed E-state index contributed by atoms with van der Waals surface area (Å²) in [6.45, 7) is 1.50. The lowest BCUT2D eigenvalue weighted by atomic mass is 10.3. The van der Waals surface area contributed by atoms with Gasteiger partial charge < -0.3 is 10.1 Å². The molecule has 1 aromatic rings. The lowest BCUT2D eigenvalue weighted by molar-refractivity contribution is 0.0659. The van der Waals surface area contributed by atoms with Crippen molar-refractivity contribution in [2.75, 3.05) is 18.5 Å². The molecule has 4 nitrogen and oxygen atoms in total. The molecule has 2 rings (SSSR count). The van der Waals surface area contributed by atoms with E-state index in [2.05, 4.69) is 15.5 Å². The van der Waals surface area contributed by atoms with Gasteiger partial charge in [-0.1, -0.05) is 24.4 Å². The summed E-state index contributed by atoms with van der Waals surface area (Å²) >= 11 is 5.72. The summed E-state index contributed by atoms with van der Waals surface area (Å²) in [6.07, 6.45) is 7.16. The molecule has 1 aromatic heterocycles. The van der Waals surface area contributed by atoms with E-state index in [4.69, 9.17) is 16.3 Å². The van der Waals surface area contributed by atoms with Crippen molar-refractivity contribution in [2.45, 2.75) is 31.8 Å². The first kappa shape index (κ1) is 11.6. The number of ether oxygens (including phenoxy) is 1. The highest BCUT2D eigenvalue weighted by Gasteiger charge is 2.14. The van der Waals surface area contributed by atoms with Crippen LogP contribution in [0, 0.1) is 0 Å². The highest BCUT2D eigenvalue weighted by Crippen LogP contribution is 2.20. The topological polar surface area (TPSA) is 47.0 Å². The quantitative estimate of drug-likeness (QED) is 0.805. The van der Waals surface area contributed by atoms with E-state index in [1.807, 2.05) is 0 Å². The van der Waals surface area contributed by atoms with Crippen molar-refractivity contribution in [2.24, 2.45) is 0 Å². The van der Waals surface area contributed by atoms with Gasteiger partial charge in [0.25, 0.3) is 0 Å². The molecule has 0 saturated heterocycles. The predicted octanol–water partition coefficient (Wildman–Crippen LogP) is 2.50. The van der Waals surface area contributed by atoms with Crippen LogP contribution in [0.15, 0.2) is 12.3 Å². The van der Waals surface area contributed by atoms with E-state index in [-0.39, 0.29) is 0 Å². The van der Waals surface area contributed by atoms with Crippen molar-refractivity contribution in [3.05, 3.63) is 17.4 Å². The van der Waals surface area contributed by atoms with E-state index in [1.54, 1.807) is 12.3 Å². The van der Waals surface area contributed by atoms with Gasteiger partial charge in [0.1, 0.15) is 0 Å². The van der Waals surface area contributed by atoms with E-state index >= 15 is 0 Å². The molecule has 0 unspecified atom stereocenters. The first-order chi connectivity index (χ1) is 7.84. The third kappa shape index (κ3) is 3.61. The molecule has 5 heteroatoms. The van der Waals surface area contributed by atoms with Crippen molar-refractivity contribution in [3.8, 4) is 0 Å². The maximum atomic E-state index is 5.72. The largest absolute Gasteiger partial charge is 0.381 e. The lowest BCUT2D eigenvalue weighted by Crippen LogP contribution is -2.15. The Hall–Kier alpha value is -0.870. The van der Waals surface area contributed by atoms with E-state index in [0.29, 0.717) is 11.3 Å². The summed E-state index contributed by atoms with van der Waals surface area (Å²) in [5, 5.41) is 11.0. The van der Waals surface area contributed by atoms with Crippen LogP contribution in [0.4, 0.5) is 5.69 Å². The Morgan fingerprint density at radius 3 is 3.00 bits per heavy atom. The molecule has 0 amide bonds. The molecule has 0 spiro atoms. The molecule has 1 saturated carbocycles. The van der Waals surface area contributed by atoms with Crippen LogP contribution in [0.3, 0.4) is 0 Å². The van der Waals surface area contributed by atoms with Gasteiger partial charge in [-0.3, -0.25) is 0 Å². The zero-order chi connectivity index (χ0) is 11.2. The number of nitrogens with zero attached hydrogens (tertiary/aromatic N) is 2. The molecule has 1 aliphatic rings. The number of anilines is 1. The first-order valence-corrected chi connectivity index (χ1v) is 6.06. The minimum Gasteiger partial charge on any atom is -0.381 e. The van der Waals surface area contributed by atoms with Gasteiger partial charge in [0.2, 0.25) is 0 Å². The van der Waals surface area contributed by atoms with Gasteiger partial charge in [-0.05, 0) is 12.8 Å². The number of aromatic nitrogens is 2. The summed E-state index contributed by atoms with van der Waals surface area (Å²) in [5.74, 6) is 0. The van der Waals surface area contributed by atoms with E-state index in [9.17, 15) is 0 Å². The van der Waals surface area contributed by atoms with Gasteiger partial charge >= 0.3 is 0 Å². The van der Waals surface area contributed by atoms with Gasteiger partial charge in [-0.15, -0.1) is 5.10 Å². The SMILES string of the molecule is Clc1cc(NCCOC2CCCC2)cnn1. The highest BCUT2D eigenvalue weighted by atomic mass is 35.5. The Kier molecular flexibility index (Phi) is 4.36. The smallest absolute Gasteiger partial charge is 0.153 e. The summed E-state index contributed by atoms with van der Waals surface area (Å²) in [6, 6.07) is 1.75. The Balaban J connectivity index is 1.64. The standard InChI is InChI=1S/C11H16ClN3O/c12-11-7-9(8-14-15-11)13-5-6-16-10-3-1-2-4-10/h7-8,10H,1-6H2,(H,13,15). The number of nitrogens with one attached hydrogen (secondary N) is 1. The summed E-state index contributed by atoms with van der Waals surface area (Å²) in [4.78, 5) is 0. The maximum absolute atomic E-state index is 5.72. The van der Waals surface area contributed by atoms with Crippen molar-refractivity contribution in [3.63, 3.8) is 0 Å². The van der Waals surface area contributed by atoms with Crippen molar-refractivity contribution >= 4 is 17.3 Å². The average Bonchev–Trinajstić information content (AvgIpc) is 2.77. The molecular formula is C11H16ClN3O. The molecule has 0 atom stereocenters. The fourth-order valence-electron chi connectivity index (χ4n) is 1.91. The van der Waals surface area contributed by atoms with Gasteiger partial charge in [0, 0.05) is 12.6 Å². The zero-order valence-corrected chi connectivity index (χ0v) is 9.91. The van der Waals surface area contributed by atoms with Crippen molar-refractivity contribution in [1.29, 1.82) is 0 Å². The third-order valence-corrected chi connectivity index (χ3v) is 2.90. The summed E-state index contributed by atoms with van der Waals surface area (Å²) < 4.78 is 5.72. The van der Waals surface area contributed by atoms with Crippen LogP contribution in [0.5, 0.6) is 0 Å². The molecule has 1 fully saturated rings. The van der Waals surface area contributed by atoms with Crippen LogP contribution in [0.25, 0.3) is 0 Å². The number of halogens is 1. The third-order valence-electron chi connectivity index (χ3n) is 2.71. The molecule has 1 aliphatic carbocycles. The molecule has 1 N–H and O–H groups in total. The van der Waals surface area contributed by atoms with Crippen LogP contribution >= 0.6 is 11.6 Å². The Morgan fingerprint density at radius 1 is 1.44 bits per heavy atom. The van der Waals surface area contributed by atoms with E-state index < -0.39 is 0 Å². The second-order valence-electron chi connectivity index (χ2n) is 3.97. The summed E-state index contributed by atoms with van der Waals surface area (Å²) in [5.41, 5.74) is 0.884. The van der Waals surface area contributed by atoms with Crippen molar-refractivity contribution < 1.29 is 4.74 Å². The molecule has 1 heterocycles. The van der Waals surface area contributed by atoms with Gasteiger partial charge in [0.05, 0.1) is 24.6 Å². The van der Waals surface area contributed by atoms with Crippen LogP contribution in [-0.2, 0) is 4.74 Å². The molecular weight excluding hydrogens is 226 g/mol. The van der Waals surface area contributed by atoms with E-state index in [0.717, 1.165) is 18.8 Å². The van der Waals surface area contributed by atoms with Crippen LogP contribution in [0.2, 0.25) is 5.15 Å². The lowest BCUT2D eigenvalue weighted by Gasteiger charge is -2.11. The number of hydrogen-bond acceptors (Lipinski definition) is 4. The zero-order valence-electron chi connectivity index (χ0n) is 9.16. The molecule has 0 bridgehead atoms. The maximum Gasteiger partial charge on any atom is 0.153 e. The fraction of sp³-hybridized carbons (Fsp3) is 0.636. The number of hydrogen-bond donors (Lipinski definition) is 1. The minimum atomic E-state index is 0.404. The summed E-state index contributed by atoms with van der Waals surface area (Å²) in [7, 11) is 0.